The van der Waals surface area contributed by atoms with Crippen molar-refractivity contribution in [2.75, 3.05) is 11.1 Å². The number of hydrogen-bond donors (Lipinski definition) is 2. The molecule has 0 unspecified atom stereocenters. The number of amides is 1. The monoisotopic (exact) mass is 355 g/mol. The summed E-state index contributed by atoms with van der Waals surface area (Å²) in [6, 6.07) is 11.1. The molecule has 0 bridgehead atoms. The first-order valence-corrected chi connectivity index (χ1v) is 7.69. The number of carbonyl (C=O) groups is 1. The van der Waals surface area contributed by atoms with Gasteiger partial charge in [-0.2, -0.15) is 0 Å². The van der Waals surface area contributed by atoms with Crippen molar-refractivity contribution in [3.05, 3.63) is 77.5 Å². The van der Waals surface area contributed by atoms with E-state index in [-0.39, 0.29) is 22.8 Å². The molecular formula is C19H15F2N3O2. The Labute approximate surface area is 148 Å². The number of carbonyl (C=O) groups excluding carboxylic acids is 1. The fourth-order valence-electron chi connectivity index (χ4n) is 2.29. The number of pyridine rings is 1. The number of hydrogen-bond acceptors (Lipinski definition) is 4. The van der Waals surface area contributed by atoms with Crippen molar-refractivity contribution >= 4 is 17.4 Å². The van der Waals surface area contributed by atoms with E-state index in [4.69, 9.17) is 10.5 Å². The fraction of sp³-hybridized carbons (Fsp3) is 0.0526. The van der Waals surface area contributed by atoms with Crippen LogP contribution in [0, 0.1) is 18.6 Å². The summed E-state index contributed by atoms with van der Waals surface area (Å²) in [5.74, 6) is -1.48. The number of nitrogens with one attached hydrogen (secondary N) is 1. The summed E-state index contributed by atoms with van der Waals surface area (Å²) in [6.45, 7) is 1.74. The van der Waals surface area contributed by atoms with Crippen molar-refractivity contribution in [2.24, 2.45) is 0 Å². The van der Waals surface area contributed by atoms with E-state index in [1.165, 1.54) is 42.6 Å². The molecule has 3 rings (SSSR count). The summed E-state index contributed by atoms with van der Waals surface area (Å²) in [4.78, 5) is 16.0. The highest BCUT2D eigenvalue weighted by molar-refractivity contribution is 6.04. The molecule has 0 aliphatic heterocycles. The smallest absolute Gasteiger partial charge is 0.258 e. The first-order chi connectivity index (χ1) is 12.4. The van der Waals surface area contributed by atoms with Crippen LogP contribution in [0.1, 0.15) is 15.9 Å². The highest BCUT2D eigenvalue weighted by Gasteiger charge is 2.14. The molecule has 0 spiro atoms. The number of aryl methyl sites for hydroxylation is 1. The van der Waals surface area contributed by atoms with Crippen LogP contribution in [-0.2, 0) is 0 Å². The third-order valence-corrected chi connectivity index (χ3v) is 3.54. The van der Waals surface area contributed by atoms with E-state index in [9.17, 15) is 13.6 Å². The van der Waals surface area contributed by atoms with Crippen LogP contribution < -0.4 is 15.8 Å². The lowest BCUT2D eigenvalue weighted by Crippen LogP contribution is -2.14. The summed E-state index contributed by atoms with van der Waals surface area (Å²) < 4.78 is 33.4. The van der Waals surface area contributed by atoms with E-state index in [0.717, 1.165) is 11.6 Å². The molecule has 3 N–H and O–H groups in total. The Kier molecular flexibility index (Phi) is 4.79. The van der Waals surface area contributed by atoms with E-state index >= 15 is 0 Å². The quantitative estimate of drug-likeness (QED) is 0.732. The molecule has 5 nitrogen and oxygen atoms in total. The highest BCUT2D eigenvalue weighted by Crippen LogP contribution is 2.27. The molecule has 1 aromatic heterocycles. The van der Waals surface area contributed by atoms with Crippen molar-refractivity contribution in [1.29, 1.82) is 0 Å². The molecule has 0 saturated carbocycles. The lowest BCUT2D eigenvalue weighted by Gasteiger charge is -2.10. The molecule has 1 heterocycles. The van der Waals surface area contributed by atoms with Gasteiger partial charge in [-0.1, -0.05) is 11.6 Å². The minimum absolute atomic E-state index is 0.0460. The van der Waals surface area contributed by atoms with Crippen LogP contribution in [0.3, 0.4) is 0 Å². The molecule has 0 fully saturated rings. The Morgan fingerprint density at radius 3 is 2.62 bits per heavy atom. The van der Waals surface area contributed by atoms with Crippen molar-refractivity contribution < 1.29 is 18.3 Å². The van der Waals surface area contributed by atoms with Crippen LogP contribution in [0.5, 0.6) is 11.5 Å². The summed E-state index contributed by atoms with van der Waals surface area (Å²) in [5, 5.41) is 2.46. The van der Waals surface area contributed by atoms with Gasteiger partial charge in [0, 0.05) is 24.0 Å². The van der Waals surface area contributed by atoms with Gasteiger partial charge in [-0.3, -0.25) is 4.79 Å². The van der Waals surface area contributed by atoms with Crippen LogP contribution in [0.2, 0.25) is 0 Å². The summed E-state index contributed by atoms with van der Waals surface area (Å²) in [6.07, 6.45) is 1.44. The number of anilines is 2. The molecule has 7 heteroatoms. The van der Waals surface area contributed by atoms with Crippen LogP contribution in [-0.4, -0.2) is 10.9 Å². The standard InChI is InChI=1S/C19H15F2N3O2/c1-11-2-4-15(20)14(8-11)19(25)24-12-3-5-17(16(21)9-12)26-13-6-7-23-18(22)10-13/h2-10H,1H3,(H2,22,23)(H,24,25). The molecule has 0 saturated heterocycles. The van der Waals surface area contributed by atoms with Gasteiger partial charge < -0.3 is 15.8 Å². The van der Waals surface area contributed by atoms with Gasteiger partial charge in [-0.15, -0.1) is 0 Å². The lowest BCUT2D eigenvalue weighted by atomic mass is 10.1. The molecule has 132 valence electrons. The third kappa shape index (κ3) is 3.94. The Bertz CT molecular complexity index is 977. The molecule has 1 amide bonds. The lowest BCUT2D eigenvalue weighted by molar-refractivity contribution is 0.102. The zero-order valence-electron chi connectivity index (χ0n) is 13.8. The zero-order valence-corrected chi connectivity index (χ0v) is 13.8. The molecule has 0 atom stereocenters. The predicted molar refractivity (Wildman–Crippen MR) is 94.2 cm³/mol. The number of nitrogens with two attached hydrogens (primary N) is 1. The number of nitrogen functional groups attached to an aromatic ring is 1. The maximum atomic E-state index is 14.2. The van der Waals surface area contributed by atoms with Crippen molar-refractivity contribution in [1.82, 2.24) is 4.98 Å². The van der Waals surface area contributed by atoms with Gasteiger partial charge >= 0.3 is 0 Å². The van der Waals surface area contributed by atoms with Crippen molar-refractivity contribution in [2.45, 2.75) is 6.92 Å². The molecule has 2 aromatic carbocycles. The fourth-order valence-corrected chi connectivity index (χ4v) is 2.29. The number of nitrogens with zero attached hydrogens (tertiary/aromatic N) is 1. The minimum atomic E-state index is -0.692. The zero-order chi connectivity index (χ0) is 18.7. The topological polar surface area (TPSA) is 77.2 Å². The maximum Gasteiger partial charge on any atom is 0.258 e. The largest absolute Gasteiger partial charge is 0.454 e. The molecule has 26 heavy (non-hydrogen) atoms. The summed E-state index contributed by atoms with van der Waals surface area (Å²) in [7, 11) is 0. The third-order valence-electron chi connectivity index (χ3n) is 3.54. The molecule has 0 aliphatic carbocycles. The van der Waals surface area contributed by atoms with E-state index in [1.807, 2.05) is 0 Å². The second-order valence-electron chi connectivity index (χ2n) is 5.60. The Morgan fingerprint density at radius 1 is 1.08 bits per heavy atom. The SMILES string of the molecule is Cc1ccc(F)c(C(=O)Nc2ccc(Oc3ccnc(N)c3)c(F)c2)c1. The molecule has 3 aromatic rings. The second kappa shape index (κ2) is 7.18. The van der Waals surface area contributed by atoms with Crippen LogP contribution >= 0.6 is 0 Å². The highest BCUT2D eigenvalue weighted by atomic mass is 19.1. The molecule has 0 radical (unpaired) electrons. The average Bonchev–Trinajstić information content (AvgIpc) is 2.59. The normalized spacial score (nSPS) is 10.4. The second-order valence-corrected chi connectivity index (χ2v) is 5.60. The van der Waals surface area contributed by atoms with Crippen LogP contribution in [0.4, 0.5) is 20.3 Å². The summed E-state index contributed by atoms with van der Waals surface area (Å²) >= 11 is 0. The van der Waals surface area contributed by atoms with Crippen molar-refractivity contribution in [3.63, 3.8) is 0 Å². The van der Waals surface area contributed by atoms with E-state index in [0.29, 0.717) is 5.75 Å². The molecular weight excluding hydrogens is 340 g/mol. The van der Waals surface area contributed by atoms with Gasteiger partial charge in [0.2, 0.25) is 0 Å². The van der Waals surface area contributed by atoms with E-state index < -0.39 is 17.5 Å². The van der Waals surface area contributed by atoms with Gasteiger partial charge in [-0.25, -0.2) is 13.8 Å². The first-order valence-electron chi connectivity index (χ1n) is 7.69. The van der Waals surface area contributed by atoms with Gasteiger partial charge in [0.1, 0.15) is 17.4 Å². The summed E-state index contributed by atoms with van der Waals surface area (Å²) in [5.41, 5.74) is 6.35. The van der Waals surface area contributed by atoms with E-state index in [2.05, 4.69) is 10.3 Å². The number of benzene rings is 2. The Morgan fingerprint density at radius 2 is 1.88 bits per heavy atom. The number of halogens is 2. The Hall–Kier alpha value is -3.48. The van der Waals surface area contributed by atoms with Crippen molar-refractivity contribution in [3.8, 4) is 11.5 Å². The van der Waals surface area contributed by atoms with Gasteiger partial charge in [0.05, 0.1) is 5.56 Å². The van der Waals surface area contributed by atoms with Crippen LogP contribution in [0.15, 0.2) is 54.7 Å². The van der Waals surface area contributed by atoms with Gasteiger partial charge in [0.25, 0.3) is 5.91 Å². The van der Waals surface area contributed by atoms with Gasteiger partial charge in [0.15, 0.2) is 11.6 Å². The molecule has 0 aliphatic rings. The van der Waals surface area contributed by atoms with Crippen LogP contribution in [0.25, 0.3) is 0 Å². The minimum Gasteiger partial charge on any atom is -0.454 e. The first kappa shape index (κ1) is 17.3. The number of rotatable bonds is 4. The predicted octanol–water partition coefficient (Wildman–Crippen LogP) is 4.30. The average molecular weight is 355 g/mol. The maximum absolute atomic E-state index is 14.2. The van der Waals surface area contributed by atoms with Gasteiger partial charge in [-0.05, 0) is 37.3 Å². The number of aromatic nitrogens is 1. The Balaban J connectivity index is 1.77. The number of ether oxygens (including phenoxy) is 1. The van der Waals surface area contributed by atoms with E-state index in [1.54, 1.807) is 13.0 Å².